The number of nitrogens with one attached hydrogen (secondary N) is 1. The standard InChI is InChI=1S/C18H20N4O3S/c1-3-19-14(23)9-22(4-2)15(24)10-26-18-17-16(20-11-21-18)12-7-5-6-8-13(12)25-17/h5-8,11H,3-4,9-10H2,1-2H3,(H,19,23). The maximum Gasteiger partial charge on any atom is 0.239 e. The third kappa shape index (κ3) is 3.80. The molecule has 0 spiro atoms. The minimum Gasteiger partial charge on any atom is -0.451 e. The maximum atomic E-state index is 12.4. The number of amides is 2. The fourth-order valence-electron chi connectivity index (χ4n) is 2.63. The summed E-state index contributed by atoms with van der Waals surface area (Å²) in [5.41, 5.74) is 2.06. The van der Waals surface area contributed by atoms with Crippen LogP contribution in [0, 0.1) is 0 Å². The number of carbonyl (C=O) groups is 2. The van der Waals surface area contributed by atoms with Crippen molar-refractivity contribution in [3.8, 4) is 0 Å². The number of likely N-dealkylation sites (N-methyl/N-ethyl adjacent to an activating group) is 2. The molecule has 0 radical (unpaired) electrons. The molecule has 136 valence electrons. The fourth-order valence-corrected chi connectivity index (χ4v) is 3.46. The van der Waals surface area contributed by atoms with E-state index >= 15 is 0 Å². The molecular weight excluding hydrogens is 352 g/mol. The molecule has 7 nitrogen and oxygen atoms in total. The minimum absolute atomic E-state index is 0.0631. The normalized spacial score (nSPS) is 11.0. The summed E-state index contributed by atoms with van der Waals surface area (Å²) in [5.74, 6) is -0.0998. The Morgan fingerprint density at radius 1 is 1.23 bits per heavy atom. The Bertz CT molecular complexity index is 940. The van der Waals surface area contributed by atoms with Gasteiger partial charge in [-0.15, -0.1) is 0 Å². The number of hydrogen-bond acceptors (Lipinski definition) is 6. The number of benzene rings is 1. The Kier molecular flexibility index (Phi) is 5.72. The molecule has 2 heterocycles. The van der Waals surface area contributed by atoms with Crippen LogP contribution in [0.15, 0.2) is 40.0 Å². The van der Waals surface area contributed by atoms with Crippen LogP contribution in [0.3, 0.4) is 0 Å². The zero-order valence-corrected chi connectivity index (χ0v) is 15.5. The first-order chi connectivity index (χ1) is 12.6. The Hall–Kier alpha value is -2.61. The Morgan fingerprint density at radius 2 is 2.04 bits per heavy atom. The average molecular weight is 372 g/mol. The first-order valence-corrected chi connectivity index (χ1v) is 9.42. The van der Waals surface area contributed by atoms with E-state index in [-0.39, 0.29) is 24.1 Å². The Labute approximate surface area is 155 Å². The van der Waals surface area contributed by atoms with Crippen molar-refractivity contribution in [3.05, 3.63) is 30.6 Å². The topological polar surface area (TPSA) is 88.3 Å². The van der Waals surface area contributed by atoms with Crippen molar-refractivity contribution < 1.29 is 14.0 Å². The summed E-state index contributed by atoms with van der Waals surface area (Å²) >= 11 is 1.29. The predicted octanol–water partition coefficient (Wildman–Crippen LogP) is 2.45. The number of para-hydroxylation sites is 1. The lowest BCUT2D eigenvalue weighted by Crippen LogP contribution is -2.41. The lowest BCUT2D eigenvalue weighted by Gasteiger charge is -2.19. The van der Waals surface area contributed by atoms with Crippen molar-refractivity contribution in [1.29, 1.82) is 0 Å². The van der Waals surface area contributed by atoms with Crippen LogP contribution in [-0.4, -0.2) is 52.1 Å². The second-order valence-electron chi connectivity index (χ2n) is 5.60. The molecule has 1 N–H and O–H groups in total. The first-order valence-electron chi connectivity index (χ1n) is 8.43. The molecular formula is C18H20N4O3S. The lowest BCUT2D eigenvalue weighted by molar-refractivity contribution is -0.133. The lowest BCUT2D eigenvalue weighted by atomic mass is 10.2. The highest BCUT2D eigenvalue weighted by Crippen LogP contribution is 2.32. The summed E-state index contributed by atoms with van der Waals surface area (Å²) in [7, 11) is 0. The van der Waals surface area contributed by atoms with Gasteiger partial charge in [-0.1, -0.05) is 23.9 Å². The summed E-state index contributed by atoms with van der Waals surface area (Å²) in [5, 5.41) is 4.24. The van der Waals surface area contributed by atoms with Crippen LogP contribution in [0.25, 0.3) is 22.1 Å². The number of hydrogen-bond donors (Lipinski definition) is 1. The van der Waals surface area contributed by atoms with Gasteiger partial charge < -0.3 is 14.6 Å². The van der Waals surface area contributed by atoms with E-state index in [1.54, 1.807) is 0 Å². The quantitative estimate of drug-likeness (QED) is 0.506. The second kappa shape index (κ2) is 8.18. The van der Waals surface area contributed by atoms with Gasteiger partial charge in [0.1, 0.15) is 22.5 Å². The summed E-state index contributed by atoms with van der Waals surface area (Å²) in [4.78, 5) is 34.2. The molecule has 0 saturated heterocycles. The summed E-state index contributed by atoms with van der Waals surface area (Å²) < 4.78 is 5.86. The Balaban J connectivity index is 1.74. The van der Waals surface area contributed by atoms with Gasteiger partial charge >= 0.3 is 0 Å². The van der Waals surface area contributed by atoms with Gasteiger partial charge in [0.2, 0.25) is 11.8 Å². The monoisotopic (exact) mass is 372 g/mol. The zero-order valence-electron chi connectivity index (χ0n) is 14.7. The van der Waals surface area contributed by atoms with Crippen LogP contribution in [0.2, 0.25) is 0 Å². The van der Waals surface area contributed by atoms with Crippen molar-refractivity contribution in [2.45, 2.75) is 18.9 Å². The largest absolute Gasteiger partial charge is 0.451 e. The number of aromatic nitrogens is 2. The molecule has 1 aromatic carbocycles. The van der Waals surface area contributed by atoms with E-state index < -0.39 is 0 Å². The SMILES string of the molecule is CCNC(=O)CN(CC)C(=O)CSc1ncnc2c1oc1ccccc12. The molecule has 0 aliphatic heterocycles. The number of thioether (sulfide) groups is 1. The van der Waals surface area contributed by atoms with Gasteiger partial charge in [0, 0.05) is 18.5 Å². The highest BCUT2D eigenvalue weighted by Gasteiger charge is 2.18. The van der Waals surface area contributed by atoms with E-state index in [4.69, 9.17) is 4.42 Å². The number of fused-ring (bicyclic) bond motifs is 3. The van der Waals surface area contributed by atoms with E-state index in [1.807, 2.05) is 38.1 Å². The van der Waals surface area contributed by atoms with Crippen LogP contribution in [-0.2, 0) is 9.59 Å². The summed E-state index contributed by atoms with van der Waals surface area (Å²) in [6.07, 6.45) is 1.48. The van der Waals surface area contributed by atoms with E-state index in [0.29, 0.717) is 23.7 Å². The zero-order chi connectivity index (χ0) is 18.5. The van der Waals surface area contributed by atoms with Crippen LogP contribution < -0.4 is 5.32 Å². The molecule has 0 aliphatic rings. The van der Waals surface area contributed by atoms with E-state index in [9.17, 15) is 9.59 Å². The highest BCUT2D eigenvalue weighted by atomic mass is 32.2. The summed E-state index contributed by atoms with van der Waals surface area (Å²) in [6.45, 7) is 4.78. The van der Waals surface area contributed by atoms with Crippen molar-refractivity contribution >= 4 is 45.6 Å². The van der Waals surface area contributed by atoms with Gasteiger partial charge in [0.15, 0.2) is 5.58 Å². The minimum atomic E-state index is -0.158. The molecule has 3 rings (SSSR count). The molecule has 2 amide bonds. The number of furan rings is 1. The van der Waals surface area contributed by atoms with Crippen molar-refractivity contribution in [3.63, 3.8) is 0 Å². The molecule has 26 heavy (non-hydrogen) atoms. The van der Waals surface area contributed by atoms with Gasteiger partial charge in [-0.2, -0.15) is 0 Å². The van der Waals surface area contributed by atoms with Crippen LogP contribution in [0.4, 0.5) is 0 Å². The number of rotatable bonds is 7. The second-order valence-corrected chi connectivity index (χ2v) is 6.57. The third-order valence-corrected chi connectivity index (χ3v) is 4.86. The van der Waals surface area contributed by atoms with E-state index in [2.05, 4.69) is 15.3 Å². The van der Waals surface area contributed by atoms with Gasteiger partial charge in [0.25, 0.3) is 0 Å². The average Bonchev–Trinajstić information content (AvgIpc) is 3.03. The molecule has 2 aromatic heterocycles. The molecule has 0 atom stereocenters. The smallest absolute Gasteiger partial charge is 0.239 e. The number of carbonyl (C=O) groups excluding carboxylic acids is 2. The maximum absolute atomic E-state index is 12.4. The molecule has 0 aliphatic carbocycles. The van der Waals surface area contributed by atoms with Gasteiger partial charge in [-0.25, -0.2) is 9.97 Å². The van der Waals surface area contributed by atoms with E-state index in [0.717, 1.165) is 16.5 Å². The highest BCUT2D eigenvalue weighted by molar-refractivity contribution is 8.00. The molecule has 0 saturated carbocycles. The Morgan fingerprint density at radius 3 is 2.81 bits per heavy atom. The predicted molar refractivity (Wildman–Crippen MR) is 101 cm³/mol. The van der Waals surface area contributed by atoms with Crippen LogP contribution >= 0.6 is 11.8 Å². The van der Waals surface area contributed by atoms with Crippen molar-refractivity contribution in [2.75, 3.05) is 25.4 Å². The van der Waals surface area contributed by atoms with Gasteiger partial charge in [0.05, 0.1) is 12.3 Å². The summed E-state index contributed by atoms with van der Waals surface area (Å²) in [6, 6.07) is 7.64. The number of nitrogens with zero attached hydrogens (tertiary/aromatic N) is 3. The van der Waals surface area contributed by atoms with Crippen molar-refractivity contribution in [2.24, 2.45) is 0 Å². The first kappa shape index (κ1) is 18.2. The molecule has 0 unspecified atom stereocenters. The molecule has 3 aromatic rings. The van der Waals surface area contributed by atoms with E-state index in [1.165, 1.54) is 23.0 Å². The molecule has 8 heteroatoms. The third-order valence-electron chi connectivity index (χ3n) is 3.90. The molecule has 0 bridgehead atoms. The van der Waals surface area contributed by atoms with Gasteiger partial charge in [-0.05, 0) is 26.0 Å². The van der Waals surface area contributed by atoms with Crippen LogP contribution in [0.5, 0.6) is 0 Å². The fraction of sp³-hybridized carbons (Fsp3) is 0.333. The van der Waals surface area contributed by atoms with Crippen molar-refractivity contribution in [1.82, 2.24) is 20.2 Å². The molecule has 0 fully saturated rings. The van der Waals surface area contributed by atoms with Crippen LogP contribution in [0.1, 0.15) is 13.8 Å². The van der Waals surface area contributed by atoms with Gasteiger partial charge in [-0.3, -0.25) is 9.59 Å².